The maximum atomic E-state index is 12.3. The Labute approximate surface area is 158 Å². The molecule has 4 rings (SSSR count). The second-order valence-corrected chi connectivity index (χ2v) is 7.49. The number of hydrogen-bond acceptors (Lipinski definition) is 4. The van der Waals surface area contributed by atoms with Crippen molar-refractivity contribution in [1.29, 1.82) is 0 Å². The number of para-hydroxylation sites is 1. The molecule has 1 fully saturated rings. The van der Waals surface area contributed by atoms with Gasteiger partial charge in [-0.25, -0.2) is 4.79 Å². The molecule has 27 heavy (non-hydrogen) atoms. The number of benzene rings is 2. The second-order valence-electron chi connectivity index (χ2n) is 7.49. The van der Waals surface area contributed by atoms with Crippen molar-refractivity contribution in [2.75, 3.05) is 18.6 Å². The number of hydrogen-bond donors (Lipinski definition) is 1. The molecule has 2 aliphatic rings. The Balaban J connectivity index is 1.72. The van der Waals surface area contributed by atoms with E-state index in [0.29, 0.717) is 12.1 Å². The summed E-state index contributed by atoms with van der Waals surface area (Å²) in [5, 5.41) is 3.20. The minimum Gasteiger partial charge on any atom is -0.465 e. The quantitative estimate of drug-likeness (QED) is 0.853. The number of anilines is 1. The minimum absolute atomic E-state index is 0.0169. The fraction of sp³-hybridized carbons (Fsp3) is 0.273. The lowest BCUT2D eigenvalue weighted by molar-refractivity contribution is -0.118. The number of fused-ring (bicyclic) bond motifs is 3. The Hall–Kier alpha value is -3.08. The smallest absolute Gasteiger partial charge is 0.337 e. The lowest BCUT2D eigenvalue weighted by atomic mass is 9.75. The predicted octanol–water partition coefficient (Wildman–Crippen LogP) is 3.11. The molecule has 1 amide bonds. The number of carbonyl (C=O) groups excluding carboxylic acids is 2. The van der Waals surface area contributed by atoms with E-state index >= 15 is 0 Å². The van der Waals surface area contributed by atoms with Crippen LogP contribution in [0.25, 0.3) is 6.08 Å². The van der Waals surface area contributed by atoms with Crippen molar-refractivity contribution in [3.05, 3.63) is 71.3 Å². The van der Waals surface area contributed by atoms with Crippen molar-refractivity contribution < 1.29 is 14.3 Å². The summed E-state index contributed by atoms with van der Waals surface area (Å²) in [5.74, 6) is -0.339. The first-order valence-electron chi connectivity index (χ1n) is 8.95. The van der Waals surface area contributed by atoms with Gasteiger partial charge in [-0.3, -0.25) is 4.79 Å². The zero-order valence-corrected chi connectivity index (χ0v) is 15.7. The highest BCUT2D eigenvalue weighted by atomic mass is 16.5. The van der Waals surface area contributed by atoms with E-state index in [4.69, 9.17) is 4.74 Å². The molecule has 0 aromatic heterocycles. The lowest BCUT2D eigenvalue weighted by Crippen LogP contribution is -2.58. The van der Waals surface area contributed by atoms with Crippen molar-refractivity contribution in [2.45, 2.75) is 24.9 Å². The van der Waals surface area contributed by atoms with Crippen LogP contribution in [-0.2, 0) is 14.9 Å². The Bertz CT molecular complexity index is 946. The standard InChI is InChI=1S/C22H22N2O3/c1-21(2)17-6-4-5-7-18(17)24-14-19(25)23-22(21,24)13-12-15-8-10-16(11-9-15)20(26)27-3/h4-13H,14H2,1-3H3,(H,23,25)/t22-/m0/s1. The molecule has 138 valence electrons. The first-order chi connectivity index (χ1) is 12.9. The van der Waals surface area contributed by atoms with E-state index in [0.717, 1.165) is 11.3 Å². The van der Waals surface area contributed by atoms with Crippen LogP contribution in [0.4, 0.5) is 5.69 Å². The third-order valence-electron chi connectivity index (χ3n) is 5.73. The number of carbonyl (C=O) groups is 2. The molecule has 0 aliphatic carbocycles. The molecule has 2 heterocycles. The molecule has 0 bridgehead atoms. The van der Waals surface area contributed by atoms with Crippen molar-refractivity contribution in [3.8, 4) is 0 Å². The van der Waals surface area contributed by atoms with Crippen LogP contribution in [0.1, 0.15) is 35.3 Å². The lowest BCUT2D eigenvalue weighted by Gasteiger charge is -2.40. The number of nitrogens with zero attached hydrogens (tertiary/aromatic N) is 1. The molecule has 5 nitrogen and oxygen atoms in total. The van der Waals surface area contributed by atoms with Crippen LogP contribution in [0, 0.1) is 0 Å². The van der Waals surface area contributed by atoms with Gasteiger partial charge in [-0.05, 0) is 35.4 Å². The van der Waals surface area contributed by atoms with Gasteiger partial charge in [0.15, 0.2) is 0 Å². The molecule has 0 unspecified atom stereocenters. The number of nitrogens with one attached hydrogen (secondary N) is 1. The van der Waals surface area contributed by atoms with Gasteiger partial charge in [-0.15, -0.1) is 0 Å². The van der Waals surface area contributed by atoms with E-state index in [1.54, 1.807) is 12.1 Å². The Morgan fingerprint density at radius 3 is 2.56 bits per heavy atom. The van der Waals surface area contributed by atoms with Crippen LogP contribution in [0.15, 0.2) is 54.6 Å². The van der Waals surface area contributed by atoms with Gasteiger partial charge in [0.05, 0.1) is 19.2 Å². The van der Waals surface area contributed by atoms with E-state index in [-0.39, 0.29) is 17.3 Å². The number of methoxy groups -OCH3 is 1. The molecule has 1 saturated heterocycles. The summed E-state index contributed by atoms with van der Waals surface area (Å²) in [6, 6.07) is 15.5. The fourth-order valence-electron chi connectivity index (χ4n) is 4.20. The first-order valence-corrected chi connectivity index (χ1v) is 8.95. The number of ether oxygens (including phenoxy) is 1. The second kappa shape index (κ2) is 5.98. The molecule has 1 N–H and O–H groups in total. The van der Waals surface area contributed by atoms with Crippen LogP contribution >= 0.6 is 0 Å². The highest BCUT2D eigenvalue weighted by Gasteiger charge is 2.59. The van der Waals surface area contributed by atoms with Gasteiger partial charge in [0.1, 0.15) is 5.66 Å². The normalized spacial score (nSPS) is 22.5. The zero-order valence-electron chi connectivity index (χ0n) is 15.7. The Morgan fingerprint density at radius 2 is 1.85 bits per heavy atom. The van der Waals surface area contributed by atoms with Crippen molar-refractivity contribution in [3.63, 3.8) is 0 Å². The number of esters is 1. The first kappa shape index (κ1) is 17.3. The third-order valence-corrected chi connectivity index (χ3v) is 5.73. The van der Waals surface area contributed by atoms with Crippen LogP contribution in [-0.4, -0.2) is 31.2 Å². The zero-order chi connectivity index (χ0) is 19.2. The van der Waals surface area contributed by atoms with Gasteiger partial charge in [-0.1, -0.05) is 50.3 Å². The summed E-state index contributed by atoms with van der Waals surface area (Å²) < 4.78 is 4.74. The topological polar surface area (TPSA) is 58.6 Å². The number of rotatable bonds is 3. The van der Waals surface area contributed by atoms with E-state index in [1.165, 1.54) is 12.7 Å². The minimum atomic E-state index is -0.616. The molecule has 0 saturated carbocycles. The van der Waals surface area contributed by atoms with Crippen LogP contribution in [0.5, 0.6) is 0 Å². The van der Waals surface area contributed by atoms with Crippen LogP contribution in [0.3, 0.4) is 0 Å². The largest absolute Gasteiger partial charge is 0.465 e. The molecule has 2 aliphatic heterocycles. The summed E-state index contributed by atoms with van der Waals surface area (Å²) in [7, 11) is 1.37. The molecule has 0 spiro atoms. The Morgan fingerprint density at radius 1 is 1.15 bits per heavy atom. The SMILES string of the molecule is COC(=O)c1ccc(C=C[C@]23NC(=O)CN2c2ccccc2C3(C)C)cc1. The summed E-state index contributed by atoms with van der Waals surface area (Å²) >= 11 is 0. The maximum absolute atomic E-state index is 12.3. The van der Waals surface area contributed by atoms with Crippen molar-refractivity contribution in [1.82, 2.24) is 5.32 Å². The fourth-order valence-corrected chi connectivity index (χ4v) is 4.20. The summed E-state index contributed by atoms with van der Waals surface area (Å²) in [6.45, 7) is 4.65. The molecule has 1 atom stereocenters. The maximum Gasteiger partial charge on any atom is 0.337 e. The molecule has 0 radical (unpaired) electrons. The monoisotopic (exact) mass is 362 g/mol. The van der Waals surface area contributed by atoms with Gasteiger partial charge in [0.2, 0.25) is 5.91 Å². The summed E-state index contributed by atoms with van der Waals surface area (Å²) in [6.07, 6.45) is 4.05. The van der Waals surface area contributed by atoms with Crippen LogP contribution in [0.2, 0.25) is 0 Å². The summed E-state index contributed by atoms with van der Waals surface area (Å²) in [4.78, 5) is 26.0. The van der Waals surface area contributed by atoms with Crippen molar-refractivity contribution >= 4 is 23.6 Å². The van der Waals surface area contributed by atoms with E-state index in [2.05, 4.69) is 42.3 Å². The van der Waals surface area contributed by atoms with Gasteiger partial charge >= 0.3 is 5.97 Å². The number of amides is 1. The molecule has 2 aromatic carbocycles. The van der Waals surface area contributed by atoms with E-state index < -0.39 is 5.66 Å². The molecule has 5 heteroatoms. The average Bonchev–Trinajstić information content (AvgIpc) is 3.11. The predicted molar refractivity (Wildman–Crippen MR) is 105 cm³/mol. The molecular weight excluding hydrogens is 340 g/mol. The van der Waals surface area contributed by atoms with E-state index in [9.17, 15) is 9.59 Å². The van der Waals surface area contributed by atoms with Gasteiger partial charge < -0.3 is 15.0 Å². The van der Waals surface area contributed by atoms with Crippen molar-refractivity contribution in [2.24, 2.45) is 0 Å². The highest BCUT2D eigenvalue weighted by molar-refractivity contribution is 5.92. The molecule has 2 aromatic rings. The Kier molecular flexibility index (Phi) is 3.84. The third kappa shape index (κ3) is 2.46. The van der Waals surface area contributed by atoms with Gasteiger partial charge in [0, 0.05) is 11.1 Å². The van der Waals surface area contributed by atoms with Crippen LogP contribution < -0.4 is 10.2 Å². The molecular formula is C22H22N2O3. The summed E-state index contributed by atoms with van der Waals surface area (Å²) in [5.41, 5.74) is 2.86. The highest BCUT2D eigenvalue weighted by Crippen LogP contribution is 2.52. The van der Waals surface area contributed by atoms with Gasteiger partial charge in [-0.2, -0.15) is 0 Å². The van der Waals surface area contributed by atoms with Gasteiger partial charge in [0.25, 0.3) is 0 Å². The van der Waals surface area contributed by atoms with E-state index in [1.807, 2.05) is 30.3 Å². The average molecular weight is 362 g/mol.